The zero-order valence-corrected chi connectivity index (χ0v) is 16.4. The van der Waals surface area contributed by atoms with Crippen molar-refractivity contribution in [3.05, 3.63) is 77.4 Å². The minimum atomic E-state index is -0.0233. The van der Waals surface area contributed by atoms with Gasteiger partial charge in [-0.05, 0) is 56.7 Å². The van der Waals surface area contributed by atoms with Crippen LogP contribution in [0.4, 0.5) is 0 Å². The Morgan fingerprint density at radius 3 is 2.71 bits per heavy atom. The van der Waals surface area contributed by atoms with Crippen molar-refractivity contribution in [3.8, 4) is 11.3 Å². The van der Waals surface area contributed by atoms with Crippen molar-refractivity contribution in [2.24, 2.45) is 0 Å². The summed E-state index contributed by atoms with van der Waals surface area (Å²) in [5, 5.41) is 4.02. The Bertz CT molecular complexity index is 1040. The van der Waals surface area contributed by atoms with Gasteiger partial charge in [-0.1, -0.05) is 54.1 Å². The normalized spacial score (nSPS) is 14.0. The number of benzene rings is 2. The smallest absolute Gasteiger partial charge is 0.252 e. The molecule has 3 aromatic rings. The largest absolute Gasteiger partial charge is 0.352 e. The third-order valence-corrected chi connectivity index (χ3v) is 5.50. The molecule has 0 saturated heterocycles. The molecule has 4 rings (SSSR count). The molecule has 1 aromatic heterocycles. The topological polar surface area (TPSA) is 42.0 Å². The number of carbonyl (C=O) groups is 1. The molecule has 0 unspecified atom stereocenters. The number of nitrogens with one attached hydrogen (secondary N) is 1. The van der Waals surface area contributed by atoms with Gasteiger partial charge in [-0.2, -0.15) is 0 Å². The van der Waals surface area contributed by atoms with Crippen molar-refractivity contribution in [2.45, 2.75) is 39.0 Å². The van der Waals surface area contributed by atoms with Gasteiger partial charge in [0.1, 0.15) is 0 Å². The highest BCUT2D eigenvalue weighted by Gasteiger charge is 2.14. The van der Waals surface area contributed by atoms with Crippen molar-refractivity contribution in [1.29, 1.82) is 0 Å². The van der Waals surface area contributed by atoms with E-state index >= 15 is 0 Å². The van der Waals surface area contributed by atoms with E-state index in [1.807, 2.05) is 42.5 Å². The third kappa shape index (κ3) is 3.99. The predicted octanol–water partition coefficient (Wildman–Crippen LogP) is 5.83. The van der Waals surface area contributed by atoms with Crippen LogP contribution in [-0.4, -0.2) is 17.4 Å². The van der Waals surface area contributed by atoms with Crippen LogP contribution < -0.4 is 5.32 Å². The van der Waals surface area contributed by atoms with Crippen LogP contribution in [0.25, 0.3) is 22.2 Å². The van der Waals surface area contributed by atoms with Crippen LogP contribution in [0.1, 0.15) is 48.0 Å². The summed E-state index contributed by atoms with van der Waals surface area (Å²) in [5.74, 6) is -0.0233. The molecule has 1 amide bonds. The lowest BCUT2D eigenvalue weighted by Gasteiger charge is -2.14. The number of para-hydroxylation sites is 1. The molecule has 3 heteroatoms. The minimum absolute atomic E-state index is 0.0233. The molecule has 0 fully saturated rings. The summed E-state index contributed by atoms with van der Waals surface area (Å²) in [5.41, 5.74) is 6.09. The second-order valence-electron chi connectivity index (χ2n) is 7.50. The summed E-state index contributed by atoms with van der Waals surface area (Å²) in [6.07, 6.45) is 8.20. The van der Waals surface area contributed by atoms with Crippen LogP contribution in [0.3, 0.4) is 0 Å². The van der Waals surface area contributed by atoms with Gasteiger partial charge in [0, 0.05) is 17.5 Å². The average molecular weight is 370 g/mol. The zero-order chi connectivity index (χ0) is 19.3. The van der Waals surface area contributed by atoms with E-state index in [0.717, 1.165) is 34.1 Å². The fourth-order valence-electron chi connectivity index (χ4n) is 3.93. The van der Waals surface area contributed by atoms with Crippen LogP contribution >= 0.6 is 0 Å². The number of pyridine rings is 1. The van der Waals surface area contributed by atoms with Gasteiger partial charge in [-0.15, -0.1) is 0 Å². The molecule has 0 saturated carbocycles. The van der Waals surface area contributed by atoms with Gasteiger partial charge in [0.25, 0.3) is 5.91 Å². The molecule has 1 heterocycles. The van der Waals surface area contributed by atoms with E-state index in [4.69, 9.17) is 4.98 Å². The van der Waals surface area contributed by atoms with Crippen LogP contribution in [0.15, 0.2) is 66.2 Å². The summed E-state index contributed by atoms with van der Waals surface area (Å²) >= 11 is 0. The summed E-state index contributed by atoms with van der Waals surface area (Å²) < 4.78 is 0. The molecule has 3 nitrogen and oxygen atoms in total. The van der Waals surface area contributed by atoms with Crippen LogP contribution in [0.2, 0.25) is 0 Å². The molecule has 0 aliphatic heterocycles. The van der Waals surface area contributed by atoms with Gasteiger partial charge >= 0.3 is 0 Å². The van der Waals surface area contributed by atoms with Crippen LogP contribution in [-0.2, 0) is 0 Å². The fourth-order valence-corrected chi connectivity index (χ4v) is 3.93. The summed E-state index contributed by atoms with van der Waals surface area (Å²) in [6, 6.07) is 18.0. The molecular formula is C25H26N2O. The maximum absolute atomic E-state index is 13.0. The van der Waals surface area contributed by atoms with Gasteiger partial charge < -0.3 is 5.32 Å². The lowest BCUT2D eigenvalue weighted by Crippen LogP contribution is -2.25. The number of amides is 1. The van der Waals surface area contributed by atoms with Gasteiger partial charge in [0.2, 0.25) is 0 Å². The second kappa shape index (κ2) is 8.39. The molecule has 0 atom stereocenters. The Balaban J connectivity index is 1.62. The number of nitrogens with zero attached hydrogens (tertiary/aromatic N) is 1. The van der Waals surface area contributed by atoms with Crippen molar-refractivity contribution < 1.29 is 4.79 Å². The standard InChI is InChI=1S/C25H26N2O/c1-18-9-5-6-12-20(18)24-17-22(21-13-7-8-14-23(21)27-24)25(28)26-16-15-19-10-3-2-4-11-19/h5-10,12-14,17H,2-4,11,15-16H2,1H3,(H,26,28). The Hall–Kier alpha value is -2.94. The molecule has 1 aliphatic carbocycles. The highest BCUT2D eigenvalue weighted by Crippen LogP contribution is 2.27. The maximum atomic E-state index is 13.0. The fraction of sp³-hybridized carbons (Fsp3) is 0.280. The molecule has 1 N–H and O–H groups in total. The van der Waals surface area contributed by atoms with Crippen molar-refractivity contribution >= 4 is 16.8 Å². The molecule has 2 aromatic carbocycles. The molecule has 0 spiro atoms. The molecule has 0 bridgehead atoms. The third-order valence-electron chi connectivity index (χ3n) is 5.50. The van der Waals surface area contributed by atoms with E-state index < -0.39 is 0 Å². The zero-order valence-electron chi connectivity index (χ0n) is 16.4. The average Bonchev–Trinajstić information content (AvgIpc) is 2.74. The number of rotatable bonds is 5. The molecule has 142 valence electrons. The first-order valence-corrected chi connectivity index (χ1v) is 10.1. The summed E-state index contributed by atoms with van der Waals surface area (Å²) in [4.78, 5) is 17.8. The number of allylic oxidation sites excluding steroid dienone is 1. The van der Waals surface area contributed by atoms with Gasteiger partial charge in [0.05, 0.1) is 16.8 Å². The van der Waals surface area contributed by atoms with E-state index in [2.05, 4.69) is 30.4 Å². The highest BCUT2D eigenvalue weighted by molar-refractivity contribution is 6.07. The number of hydrogen-bond acceptors (Lipinski definition) is 2. The van der Waals surface area contributed by atoms with Gasteiger partial charge in [-0.25, -0.2) is 4.98 Å². The monoisotopic (exact) mass is 370 g/mol. The lowest BCUT2D eigenvalue weighted by atomic mass is 9.97. The Kier molecular flexibility index (Phi) is 5.52. The summed E-state index contributed by atoms with van der Waals surface area (Å²) in [6.45, 7) is 2.75. The number of hydrogen-bond donors (Lipinski definition) is 1. The minimum Gasteiger partial charge on any atom is -0.352 e. The van der Waals surface area contributed by atoms with Gasteiger partial charge in [0.15, 0.2) is 0 Å². The second-order valence-corrected chi connectivity index (χ2v) is 7.50. The Morgan fingerprint density at radius 2 is 1.89 bits per heavy atom. The number of aryl methyl sites for hydroxylation is 1. The Morgan fingerprint density at radius 1 is 1.07 bits per heavy atom. The molecule has 0 radical (unpaired) electrons. The predicted molar refractivity (Wildman–Crippen MR) is 115 cm³/mol. The number of aromatic nitrogens is 1. The van der Waals surface area contributed by atoms with Crippen molar-refractivity contribution in [3.63, 3.8) is 0 Å². The van der Waals surface area contributed by atoms with E-state index in [9.17, 15) is 4.79 Å². The highest BCUT2D eigenvalue weighted by atomic mass is 16.1. The molecular weight excluding hydrogens is 344 g/mol. The first-order chi connectivity index (χ1) is 13.7. The van der Waals surface area contributed by atoms with Crippen LogP contribution in [0, 0.1) is 6.92 Å². The first-order valence-electron chi connectivity index (χ1n) is 10.1. The molecule has 28 heavy (non-hydrogen) atoms. The lowest BCUT2D eigenvalue weighted by molar-refractivity contribution is 0.0955. The molecule has 1 aliphatic rings. The van der Waals surface area contributed by atoms with Gasteiger partial charge in [-0.3, -0.25) is 4.79 Å². The number of fused-ring (bicyclic) bond motifs is 1. The Labute approximate surface area is 166 Å². The van der Waals surface area contributed by atoms with E-state index in [1.165, 1.54) is 31.3 Å². The maximum Gasteiger partial charge on any atom is 0.252 e. The van der Waals surface area contributed by atoms with E-state index in [1.54, 1.807) is 0 Å². The first kappa shape index (κ1) is 18.4. The van der Waals surface area contributed by atoms with E-state index in [0.29, 0.717) is 12.1 Å². The number of carbonyl (C=O) groups excluding carboxylic acids is 1. The van der Waals surface area contributed by atoms with Crippen molar-refractivity contribution in [1.82, 2.24) is 10.3 Å². The van der Waals surface area contributed by atoms with Crippen molar-refractivity contribution in [2.75, 3.05) is 6.54 Å². The summed E-state index contributed by atoms with van der Waals surface area (Å²) in [7, 11) is 0. The SMILES string of the molecule is Cc1ccccc1-c1cc(C(=O)NCCC2=CCCCC2)c2ccccc2n1. The van der Waals surface area contributed by atoms with E-state index in [-0.39, 0.29) is 5.91 Å². The quantitative estimate of drug-likeness (QED) is 0.574. The van der Waals surface area contributed by atoms with Crippen LogP contribution in [0.5, 0.6) is 0 Å².